The summed E-state index contributed by atoms with van der Waals surface area (Å²) >= 11 is 0. The zero-order valence-electron chi connectivity index (χ0n) is 23.3. The first-order chi connectivity index (χ1) is 18.7. The predicted octanol–water partition coefficient (Wildman–Crippen LogP) is 4.87. The number of rotatable bonds is 13. The summed E-state index contributed by atoms with van der Waals surface area (Å²) < 4.78 is 28.9. The molecule has 1 atom stereocenters. The molecule has 3 aromatic rings. The van der Waals surface area contributed by atoms with Crippen LogP contribution in [0.1, 0.15) is 43.4 Å². The van der Waals surface area contributed by atoms with Gasteiger partial charge in [0.05, 0.1) is 10.6 Å². The Morgan fingerprint density at radius 1 is 0.872 bits per heavy atom. The molecule has 0 heterocycles. The molecule has 0 saturated carbocycles. The fourth-order valence-corrected chi connectivity index (χ4v) is 5.82. The van der Waals surface area contributed by atoms with Gasteiger partial charge in [0.1, 0.15) is 12.6 Å². The average molecular weight is 550 g/mol. The highest BCUT2D eigenvalue weighted by molar-refractivity contribution is 7.92. The van der Waals surface area contributed by atoms with Crippen molar-refractivity contribution < 1.29 is 18.0 Å². The van der Waals surface area contributed by atoms with Crippen molar-refractivity contribution in [3.63, 3.8) is 0 Å². The molecule has 0 saturated heterocycles. The highest BCUT2D eigenvalue weighted by atomic mass is 32.2. The fraction of sp³-hybridized carbons (Fsp3) is 0.355. The summed E-state index contributed by atoms with van der Waals surface area (Å²) in [6.07, 6.45) is 1.72. The minimum absolute atomic E-state index is 0.0968. The molecule has 0 unspecified atom stereocenters. The van der Waals surface area contributed by atoms with Crippen LogP contribution in [-0.2, 0) is 26.0 Å². The van der Waals surface area contributed by atoms with Gasteiger partial charge in [0.2, 0.25) is 11.8 Å². The minimum atomic E-state index is -4.06. The molecular weight excluding hydrogens is 510 g/mol. The highest BCUT2D eigenvalue weighted by Gasteiger charge is 2.33. The molecule has 2 amide bonds. The molecule has 0 spiro atoms. The van der Waals surface area contributed by atoms with Crippen molar-refractivity contribution in [3.8, 4) is 0 Å². The van der Waals surface area contributed by atoms with Gasteiger partial charge in [-0.25, -0.2) is 8.42 Å². The van der Waals surface area contributed by atoms with Gasteiger partial charge in [-0.1, -0.05) is 68.4 Å². The van der Waals surface area contributed by atoms with E-state index in [1.54, 1.807) is 30.3 Å². The SMILES string of the molecule is CCCNC(=O)[C@H](CC)N(CCc1ccccc1)C(=O)CN(c1ccc(C)c(C)c1)S(=O)(=O)c1ccccc1. The standard InChI is InChI=1S/C31H39N3O4S/c1-5-20-32-31(36)29(6-2)33(21-19-26-13-9-7-10-14-26)30(35)23-34(27-18-17-24(3)25(4)22-27)39(37,38)28-15-11-8-12-16-28/h7-18,22,29H,5-6,19-21,23H2,1-4H3,(H,32,36)/t29-/m0/s1. The van der Waals surface area contributed by atoms with E-state index in [9.17, 15) is 18.0 Å². The average Bonchev–Trinajstić information content (AvgIpc) is 2.95. The number of amides is 2. The molecule has 0 radical (unpaired) electrons. The maximum absolute atomic E-state index is 14.0. The zero-order chi connectivity index (χ0) is 28.4. The molecule has 0 aliphatic rings. The van der Waals surface area contributed by atoms with Crippen LogP contribution in [0, 0.1) is 13.8 Å². The van der Waals surface area contributed by atoms with Gasteiger partial charge in [0.15, 0.2) is 0 Å². The number of anilines is 1. The minimum Gasteiger partial charge on any atom is -0.354 e. The van der Waals surface area contributed by atoms with Crippen LogP contribution in [0.4, 0.5) is 5.69 Å². The second-order valence-corrected chi connectivity index (χ2v) is 11.5. The number of sulfonamides is 1. The van der Waals surface area contributed by atoms with Gasteiger partial charge in [0.25, 0.3) is 10.0 Å². The van der Waals surface area contributed by atoms with Crippen molar-refractivity contribution >= 4 is 27.5 Å². The van der Waals surface area contributed by atoms with Crippen molar-refractivity contribution in [3.05, 3.63) is 95.6 Å². The zero-order valence-corrected chi connectivity index (χ0v) is 24.1. The Kier molecular flexibility index (Phi) is 10.7. The second-order valence-electron chi connectivity index (χ2n) is 9.63. The summed E-state index contributed by atoms with van der Waals surface area (Å²) in [5, 5.41) is 2.91. The van der Waals surface area contributed by atoms with E-state index in [0.717, 1.165) is 27.4 Å². The monoisotopic (exact) mass is 549 g/mol. The first kappa shape index (κ1) is 29.9. The van der Waals surface area contributed by atoms with Crippen LogP contribution in [0.15, 0.2) is 83.8 Å². The third-order valence-corrected chi connectivity index (χ3v) is 8.60. The Morgan fingerprint density at radius 3 is 2.10 bits per heavy atom. The molecule has 0 aliphatic heterocycles. The van der Waals surface area contributed by atoms with Gasteiger partial charge < -0.3 is 10.2 Å². The molecule has 208 valence electrons. The van der Waals surface area contributed by atoms with Crippen molar-refractivity contribution in [2.75, 3.05) is 23.9 Å². The Morgan fingerprint density at radius 2 is 1.51 bits per heavy atom. The van der Waals surface area contributed by atoms with Crippen LogP contribution in [0.3, 0.4) is 0 Å². The van der Waals surface area contributed by atoms with E-state index in [2.05, 4.69) is 5.32 Å². The van der Waals surface area contributed by atoms with Crippen LogP contribution in [0.5, 0.6) is 0 Å². The topological polar surface area (TPSA) is 86.8 Å². The molecular formula is C31H39N3O4S. The van der Waals surface area contributed by atoms with E-state index in [4.69, 9.17) is 0 Å². The number of hydrogen-bond acceptors (Lipinski definition) is 4. The fourth-order valence-electron chi connectivity index (χ4n) is 4.39. The third kappa shape index (κ3) is 7.69. The lowest BCUT2D eigenvalue weighted by atomic mass is 10.1. The Hall–Kier alpha value is -3.65. The summed E-state index contributed by atoms with van der Waals surface area (Å²) in [5.74, 6) is -0.661. The quantitative estimate of drug-likeness (QED) is 0.329. The number of carbonyl (C=O) groups excluding carboxylic acids is 2. The van der Waals surface area contributed by atoms with Gasteiger partial charge in [-0.05, 0) is 74.1 Å². The Bertz CT molecular complexity index is 1340. The second kappa shape index (κ2) is 13.9. The van der Waals surface area contributed by atoms with Crippen molar-refractivity contribution in [1.29, 1.82) is 0 Å². The molecule has 7 nitrogen and oxygen atoms in total. The molecule has 0 aromatic heterocycles. The number of nitrogens with zero attached hydrogens (tertiary/aromatic N) is 2. The van der Waals surface area contributed by atoms with Crippen LogP contribution in [0.2, 0.25) is 0 Å². The van der Waals surface area contributed by atoms with E-state index in [-0.39, 0.29) is 17.3 Å². The molecule has 39 heavy (non-hydrogen) atoms. The number of hydrogen-bond donors (Lipinski definition) is 1. The van der Waals surface area contributed by atoms with Crippen LogP contribution < -0.4 is 9.62 Å². The summed E-state index contributed by atoms with van der Waals surface area (Å²) in [7, 11) is -4.06. The maximum atomic E-state index is 14.0. The van der Waals surface area contributed by atoms with Crippen LogP contribution in [-0.4, -0.2) is 50.8 Å². The third-order valence-electron chi connectivity index (χ3n) is 6.81. The molecule has 3 rings (SSSR count). The first-order valence-corrected chi connectivity index (χ1v) is 14.9. The normalized spacial score (nSPS) is 12.0. The number of benzene rings is 3. The summed E-state index contributed by atoms with van der Waals surface area (Å²) in [6.45, 7) is 8.06. The lowest BCUT2D eigenvalue weighted by molar-refractivity contribution is -0.139. The number of aryl methyl sites for hydroxylation is 2. The van der Waals surface area contributed by atoms with Crippen LogP contribution >= 0.6 is 0 Å². The summed E-state index contributed by atoms with van der Waals surface area (Å²) in [6, 6.07) is 22.5. The Balaban J connectivity index is 2.01. The molecule has 0 fully saturated rings. The molecule has 0 aliphatic carbocycles. The van der Waals surface area contributed by atoms with Gasteiger partial charge in [0, 0.05) is 13.1 Å². The summed E-state index contributed by atoms with van der Waals surface area (Å²) in [4.78, 5) is 28.7. The summed E-state index contributed by atoms with van der Waals surface area (Å²) in [5.41, 5.74) is 3.37. The van der Waals surface area contributed by atoms with Crippen molar-refractivity contribution in [1.82, 2.24) is 10.2 Å². The van der Waals surface area contributed by atoms with Crippen molar-refractivity contribution in [2.45, 2.75) is 57.9 Å². The van der Waals surface area contributed by atoms with Crippen LogP contribution in [0.25, 0.3) is 0 Å². The predicted molar refractivity (Wildman–Crippen MR) is 156 cm³/mol. The smallest absolute Gasteiger partial charge is 0.264 e. The van der Waals surface area contributed by atoms with Gasteiger partial charge >= 0.3 is 0 Å². The van der Waals surface area contributed by atoms with E-state index in [1.807, 2.05) is 64.1 Å². The lowest BCUT2D eigenvalue weighted by Gasteiger charge is -2.33. The largest absolute Gasteiger partial charge is 0.354 e. The van der Waals surface area contributed by atoms with E-state index < -0.39 is 28.5 Å². The van der Waals surface area contributed by atoms with Gasteiger partial charge in [-0.2, -0.15) is 0 Å². The Labute approximate surface area is 232 Å². The molecule has 1 N–H and O–H groups in total. The molecule has 8 heteroatoms. The van der Waals surface area contributed by atoms with E-state index >= 15 is 0 Å². The lowest BCUT2D eigenvalue weighted by Crippen LogP contribution is -2.53. The number of nitrogens with one attached hydrogen (secondary N) is 1. The van der Waals surface area contributed by atoms with Crippen molar-refractivity contribution in [2.24, 2.45) is 0 Å². The molecule has 0 bridgehead atoms. The maximum Gasteiger partial charge on any atom is 0.264 e. The van der Waals surface area contributed by atoms with E-state index in [1.165, 1.54) is 17.0 Å². The van der Waals surface area contributed by atoms with E-state index in [0.29, 0.717) is 25.1 Å². The first-order valence-electron chi connectivity index (χ1n) is 13.4. The van der Waals surface area contributed by atoms with Gasteiger partial charge in [-0.3, -0.25) is 13.9 Å². The highest BCUT2D eigenvalue weighted by Crippen LogP contribution is 2.26. The van der Waals surface area contributed by atoms with Gasteiger partial charge in [-0.15, -0.1) is 0 Å². The molecule has 3 aromatic carbocycles. The number of carbonyl (C=O) groups is 2.